The van der Waals surface area contributed by atoms with Gasteiger partial charge in [0.15, 0.2) is 0 Å². The lowest BCUT2D eigenvalue weighted by atomic mass is 9.98. The van der Waals surface area contributed by atoms with Crippen LogP contribution < -0.4 is 0 Å². The molecule has 3 nitrogen and oxygen atoms in total. The van der Waals surface area contributed by atoms with Gasteiger partial charge < -0.3 is 9.11 Å². The molecule has 0 atom stereocenters. The van der Waals surface area contributed by atoms with Gasteiger partial charge in [0, 0.05) is 0 Å². The van der Waals surface area contributed by atoms with E-state index in [1.165, 1.54) is 0 Å². The molecule has 0 saturated heterocycles. The number of halogens is 4. The van der Waals surface area contributed by atoms with E-state index in [2.05, 4.69) is 0 Å². The highest BCUT2D eigenvalue weighted by atomic mass is 32.3. The zero-order valence-corrected chi connectivity index (χ0v) is 9.23. The van der Waals surface area contributed by atoms with Gasteiger partial charge in [0.1, 0.15) is 11.9 Å². The van der Waals surface area contributed by atoms with Gasteiger partial charge in [-0.1, -0.05) is 0 Å². The maximum atomic E-state index is 12.7. The van der Waals surface area contributed by atoms with Crippen molar-refractivity contribution in [3.8, 4) is 0 Å². The van der Waals surface area contributed by atoms with E-state index in [9.17, 15) is 30.9 Å². The number of alkyl halides is 4. The minimum atomic E-state index is -5.72. The molecule has 8 heteroatoms. The van der Waals surface area contributed by atoms with Gasteiger partial charge in [-0.25, -0.2) is 8.60 Å². The molecule has 0 radical (unpaired) electrons. The third kappa shape index (κ3) is 3.67. The third-order valence-electron chi connectivity index (χ3n) is 2.71. The van der Waals surface area contributed by atoms with E-state index < -0.39 is 33.0 Å². The topological polar surface area (TPSA) is 57.5 Å². The third-order valence-corrected chi connectivity index (χ3v) is 5.39. The molecule has 16 heavy (non-hydrogen) atoms. The quantitative estimate of drug-likeness (QED) is 0.755. The van der Waals surface area contributed by atoms with Crippen LogP contribution in [0.3, 0.4) is 0 Å². The van der Waals surface area contributed by atoms with Crippen molar-refractivity contribution in [3.63, 3.8) is 0 Å². The normalized spacial score (nSPS) is 30.8. The highest BCUT2D eigenvalue weighted by Crippen LogP contribution is 2.39. The van der Waals surface area contributed by atoms with Crippen molar-refractivity contribution >= 4 is 9.63 Å². The van der Waals surface area contributed by atoms with Crippen LogP contribution in [-0.2, 0) is 9.63 Å². The van der Waals surface area contributed by atoms with Crippen LogP contribution in [0.5, 0.6) is 0 Å². The summed E-state index contributed by atoms with van der Waals surface area (Å²) >= 11 is 0. The molecule has 98 valence electrons. The lowest BCUT2D eigenvalue weighted by Gasteiger charge is -2.41. The molecule has 0 amide bonds. The summed E-state index contributed by atoms with van der Waals surface area (Å²) in [5.41, 5.74) is 0. The fourth-order valence-corrected chi connectivity index (χ4v) is 3.99. The van der Waals surface area contributed by atoms with E-state index in [-0.39, 0.29) is 25.7 Å². The molecule has 1 fully saturated rings. The van der Waals surface area contributed by atoms with Crippen LogP contribution >= 0.6 is 0 Å². The van der Waals surface area contributed by atoms with E-state index in [4.69, 9.17) is 0 Å². The second-order valence-electron chi connectivity index (χ2n) is 4.21. The molecule has 1 saturated carbocycles. The predicted octanol–water partition coefficient (Wildman–Crippen LogP) is 2.60. The predicted molar refractivity (Wildman–Crippen MR) is 51.5 cm³/mol. The van der Waals surface area contributed by atoms with Gasteiger partial charge in [-0.2, -0.15) is 13.2 Å². The van der Waals surface area contributed by atoms with Crippen molar-refractivity contribution in [1.29, 1.82) is 0 Å². The lowest BCUT2D eigenvalue weighted by molar-refractivity contribution is -0.109. The molecule has 0 aromatic carbocycles. The first-order chi connectivity index (χ1) is 6.98. The van der Waals surface area contributed by atoms with Crippen molar-refractivity contribution in [3.05, 3.63) is 0 Å². The SMILES string of the molecule is O=S(O)(O)(CC(F)(F)F)C1CCC(F)CC1. The lowest BCUT2D eigenvalue weighted by Crippen LogP contribution is -2.52. The summed E-state index contributed by atoms with van der Waals surface area (Å²) in [4.78, 5) is 0. The molecule has 2 N–H and O–H groups in total. The van der Waals surface area contributed by atoms with E-state index in [1.54, 1.807) is 0 Å². The van der Waals surface area contributed by atoms with Gasteiger partial charge >= 0.3 is 6.18 Å². The summed E-state index contributed by atoms with van der Waals surface area (Å²) < 4.78 is 79.0. The van der Waals surface area contributed by atoms with Gasteiger partial charge in [0.05, 0.1) is 14.9 Å². The molecule has 1 aliphatic rings. The van der Waals surface area contributed by atoms with Gasteiger partial charge in [-0.15, -0.1) is 0 Å². The maximum Gasteiger partial charge on any atom is 0.402 e. The van der Waals surface area contributed by atoms with Gasteiger partial charge in [-0.05, 0) is 25.7 Å². The Morgan fingerprint density at radius 1 is 1.12 bits per heavy atom. The van der Waals surface area contributed by atoms with Crippen molar-refractivity contribution in [1.82, 2.24) is 0 Å². The molecule has 0 heterocycles. The summed E-state index contributed by atoms with van der Waals surface area (Å²) in [5, 5.41) is -1.38. The first kappa shape index (κ1) is 13.9. The number of hydrogen-bond donors (Lipinski definition) is 2. The zero-order valence-electron chi connectivity index (χ0n) is 8.41. The second-order valence-corrected chi connectivity index (χ2v) is 7.33. The molecular weight excluding hydrogens is 252 g/mol. The fourth-order valence-electron chi connectivity index (χ4n) is 1.92. The molecule has 0 aromatic heterocycles. The average molecular weight is 266 g/mol. The summed E-state index contributed by atoms with van der Waals surface area (Å²) in [6.45, 7) is 0. The van der Waals surface area contributed by atoms with Gasteiger partial charge in [0.25, 0.3) is 0 Å². The molecule has 0 bridgehead atoms. The van der Waals surface area contributed by atoms with Crippen molar-refractivity contribution in [2.75, 3.05) is 5.75 Å². The Kier molecular flexibility index (Phi) is 3.39. The monoisotopic (exact) mass is 266 g/mol. The minimum Gasteiger partial charge on any atom is -0.307 e. The van der Waals surface area contributed by atoms with Crippen LogP contribution in [-0.4, -0.2) is 36.7 Å². The van der Waals surface area contributed by atoms with Crippen LogP contribution in [0.25, 0.3) is 0 Å². The van der Waals surface area contributed by atoms with E-state index in [0.717, 1.165) is 0 Å². The highest BCUT2D eigenvalue weighted by Gasteiger charge is 2.50. The summed E-state index contributed by atoms with van der Waals surface area (Å²) in [7, 11) is -5.72. The Bertz CT molecular complexity index is 314. The first-order valence-corrected chi connectivity index (χ1v) is 6.94. The summed E-state index contributed by atoms with van der Waals surface area (Å²) in [6.07, 6.45) is -6.65. The van der Waals surface area contributed by atoms with Crippen LogP contribution in [0.4, 0.5) is 17.6 Å². The molecule has 1 rings (SSSR count). The maximum absolute atomic E-state index is 12.7. The molecule has 0 unspecified atom stereocenters. The number of hydrogen-bond acceptors (Lipinski definition) is 1. The van der Waals surface area contributed by atoms with E-state index in [1.807, 2.05) is 0 Å². The van der Waals surface area contributed by atoms with E-state index in [0.29, 0.717) is 0 Å². The number of rotatable bonds is 2. The fraction of sp³-hybridized carbons (Fsp3) is 1.00. The van der Waals surface area contributed by atoms with Gasteiger partial charge in [0.2, 0.25) is 0 Å². The minimum absolute atomic E-state index is 0.0851. The van der Waals surface area contributed by atoms with Crippen molar-refractivity contribution in [2.45, 2.75) is 43.3 Å². The highest BCUT2D eigenvalue weighted by molar-refractivity contribution is 8.10. The standard InChI is InChI=1S/C8H14F4O3S/c9-6-1-3-7(4-2-6)16(13,14,15)5-8(10,11)12/h6-7H,1-5H2,(H2,13,14,15). The second kappa shape index (κ2) is 3.92. The van der Waals surface area contributed by atoms with Crippen molar-refractivity contribution < 1.29 is 30.9 Å². The molecule has 0 spiro atoms. The van der Waals surface area contributed by atoms with Crippen LogP contribution in [0.2, 0.25) is 0 Å². The Morgan fingerprint density at radius 3 is 1.94 bits per heavy atom. The van der Waals surface area contributed by atoms with Crippen molar-refractivity contribution in [2.24, 2.45) is 0 Å². The molecule has 0 aromatic rings. The zero-order chi connectivity index (χ0) is 12.6. The van der Waals surface area contributed by atoms with E-state index >= 15 is 0 Å². The summed E-state index contributed by atoms with van der Waals surface area (Å²) in [6, 6.07) is 0. The molecule has 1 aliphatic carbocycles. The Hall–Kier alpha value is -0.210. The van der Waals surface area contributed by atoms with Crippen LogP contribution in [0.15, 0.2) is 0 Å². The molecule has 0 aliphatic heterocycles. The first-order valence-electron chi connectivity index (χ1n) is 4.83. The molecular formula is C8H14F4O3S. The Morgan fingerprint density at radius 2 is 1.56 bits per heavy atom. The van der Waals surface area contributed by atoms with Gasteiger partial charge in [-0.3, -0.25) is 0 Å². The average Bonchev–Trinajstić information content (AvgIpc) is 1.98. The van der Waals surface area contributed by atoms with Crippen LogP contribution in [0, 0.1) is 0 Å². The largest absolute Gasteiger partial charge is 0.402 e. The smallest absolute Gasteiger partial charge is 0.307 e. The summed E-state index contributed by atoms with van der Waals surface area (Å²) in [5.74, 6) is -2.13. The Labute approximate surface area is 90.3 Å². The Balaban J connectivity index is 2.79. The van der Waals surface area contributed by atoms with Crippen LogP contribution in [0.1, 0.15) is 25.7 Å².